The van der Waals surface area contributed by atoms with E-state index in [0.29, 0.717) is 28.2 Å². The molecule has 0 saturated carbocycles. The summed E-state index contributed by atoms with van der Waals surface area (Å²) >= 11 is 11.9. The van der Waals surface area contributed by atoms with Crippen molar-refractivity contribution in [1.29, 1.82) is 0 Å². The van der Waals surface area contributed by atoms with Gasteiger partial charge in [0.25, 0.3) is 11.8 Å². The number of hydrogen-bond donors (Lipinski definition) is 1. The molecule has 2 aromatic rings. The maximum atomic E-state index is 12.9. The number of carbonyl (C=O) groups excluding carboxylic acids is 2. The van der Waals surface area contributed by atoms with Crippen LogP contribution in [0.25, 0.3) is 11.3 Å². The number of alkyl halides is 3. The number of hydrogen-bond acceptors (Lipinski definition) is 5. The second-order valence-electron chi connectivity index (χ2n) is 7.07. The van der Waals surface area contributed by atoms with E-state index in [4.69, 9.17) is 23.2 Å². The molecule has 12 heteroatoms. The lowest BCUT2D eigenvalue weighted by atomic mass is 10.0. The molecule has 0 aliphatic carbocycles. The molecule has 1 aromatic heterocycles. The molecule has 166 valence electrons. The van der Waals surface area contributed by atoms with E-state index in [-0.39, 0.29) is 31.9 Å². The van der Waals surface area contributed by atoms with E-state index >= 15 is 0 Å². The zero-order valence-corrected chi connectivity index (χ0v) is 17.7. The number of rotatable bonds is 3. The summed E-state index contributed by atoms with van der Waals surface area (Å²) in [5, 5.41) is 10.3. The Morgan fingerprint density at radius 1 is 1.00 bits per heavy atom. The van der Waals surface area contributed by atoms with Crippen molar-refractivity contribution in [2.24, 2.45) is 0 Å². The fourth-order valence-corrected chi connectivity index (χ4v) is 3.29. The van der Waals surface area contributed by atoms with Gasteiger partial charge in [0.1, 0.15) is 12.0 Å². The number of piperazine rings is 1. The van der Waals surface area contributed by atoms with Crippen molar-refractivity contribution < 1.29 is 27.9 Å². The number of halogens is 5. The molecule has 0 bridgehead atoms. The summed E-state index contributed by atoms with van der Waals surface area (Å²) in [7, 11) is 0. The molecule has 2 amide bonds. The number of benzene rings is 1. The Morgan fingerprint density at radius 2 is 1.61 bits per heavy atom. The smallest absolute Gasteiger partial charge is 0.373 e. The molecule has 1 fully saturated rings. The van der Waals surface area contributed by atoms with Crippen molar-refractivity contribution in [3.63, 3.8) is 0 Å². The predicted octanol–water partition coefficient (Wildman–Crippen LogP) is 3.05. The molecule has 7 nitrogen and oxygen atoms in total. The lowest BCUT2D eigenvalue weighted by molar-refractivity contribution is -0.250. The Morgan fingerprint density at radius 3 is 2.19 bits per heavy atom. The highest BCUT2D eigenvalue weighted by molar-refractivity contribution is 6.42. The number of nitrogens with zero attached hydrogens (tertiary/aromatic N) is 4. The molecule has 1 aliphatic heterocycles. The predicted molar refractivity (Wildman–Crippen MR) is 107 cm³/mol. The van der Waals surface area contributed by atoms with Gasteiger partial charge in [-0.1, -0.05) is 29.3 Å². The first-order valence-corrected chi connectivity index (χ1v) is 9.82. The topological polar surface area (TPSA) is 86.6 Å². The Bertz CT molecular complexity index is 1010. The molecule has 1 N–H and O–H groups in total. The number of aromatic nitrogens is 2. The molecule has 1 saturated heterocycles. The van der Waals surface area contributed by atoms with Crippen molar-refractivity contribution in [2.75, 3.05) is 26.2 Å². The standard InChI is InChI=1S/C19H17Cl2F3N4O3/c1-18(31,19(22,23)24)17(30)28-6-4-27(5-7-28)16(29)15-9-14(25-10-26-15)11-2-3-12(20)13(21)8-11/h2-3,8-10,31H,4-7H2,1H3/t18-/m1/s1. The Hall–Kier alpha value is -2.43. The second-order valence-corrected chi connectivity index (χ2v) is 7.89. The summed E-state index contributed by atoms with van der Waals surface area (Å²) < 4.78 is 38.7. The van der Waals surface area contributed by atoms with Crippen LogP contribution < -0.4 is 0 Å². The summed E-state index contributed by atoms with van der Waals surface area (Å²) in [6.45, 7) is 0.0939. The molecular formula is C19H17Cl2F3N4O3. The lowest BCUT2D eigenvalue weighted by Gasteiger charge is -2.38. The van der Waals surface area contributed by atoms with Gasteiger partial charge < -0.3 is 14.9 Å². The van der Waals surface area contributed by atoms with Crippen molar-refractivity contribution in [3.05, 3.63) is 46.3 Å². The van der Waals surface area contributed by atoms with Gasteiger partial charge in [-0.2, -0.15) is 13.2 Å². The lowest BCUT2D eigenvalue weighted by Crippen LogP contribution is -2.60. The first-order chi connectivity index (χ1) is 14.4. The van der Waals surface area contributed by atoms with Gasteiger partial charge in [0.05, 0.1) is 15.7 Å². The third kappa shape index (κ3) is 4.76. The van der Waals surface area contributed by atoms with Crippen LogP contribution in [0.15, 0.2) is 30.6 Å². The quantitative estimate of drug-likeness (QED) is 0.735. The largest absolute Gasteiger partial charge is 0.426 e. The van der Waals surface area contributed by atoms with Gasteiger partial charge in [-0.3, -0.25) is 9.59 Å². The van der Waals surface area contributed by atoms with Crippen LogP contribution in [0.4, 0.5) is 13.2 Å². The van der Waals surface area contributed by atoms with Crippen LogP contribution in [0.3, 0.4) is 0 Å². The van der Waals surface area contributed by atoms with Crippen LogP contribution >= 0.6 is 23.2 Å². The van der Waals surface area contributed by atoms with Crippen LogP contribution in [-0.4, -0.2) is 74.6 Å². The summed E-state index contributed by atoms with van der Waals surface area (Å²) in [5.41, 5.74) is -2.35. The molecule has 1 aliphatic rings. The molecule has 1 aromatic carbocycles. The third-order valence-corrected chi connectivity index (χ3v) is 5.66. The van der Waals surface area contributed by atoms with Gasteiger partial charge in [-0.15, -0.1) is 0 Å². The summed E-state index contributed by atoms with van der Waals surface area (Å²) in [4.78, 5) is 35.2. The van der Waals surface area contributed by atoms with E-state index in [9.17, 15) is 27.9 Å². The Labute approximate surface area is 185 Å². The highest BCUT2D eigenvalue weighted by Gasteiger charge is 2.57. The minimum absolute atomic E-state index is 0.00931. The van der Waals surface area contributed by atoms with Crippen molar-refractivity contribution in [2.45, 2.75) is 18.7 Å². The van der Waals surface area contributed by atoms with E-state index in [0.717, 1.165) is 4.90 Å². The highest BCUT2D eigenvalue weighted by Crippen LogP contribution is 2.32. The molecule has 0 radical (unpaired) electrons. The zero-order chi connectivity index (χ0) is 23.0. The summed E-state index contributed by atoms with van der Waals surface area (Å²) in [6, 6.07) is 6.34. The average Bonchev–Trinajstić information content (AvgIpc) is 2.74. The maximum absolute atomic E-state index is 12.9. The Balaban J connectivity index is 1.70. The first-order valence-electron chi connectivity index (χ1n) is 9.07. The highest BCUT2D eigenvalue weighted by atomic mass is 35.5. The van der Waals surface area contributed by atoms with Crippen LogP contribution in [0, 0.1) is 0 Å². The van der Waals surface area contributed by atoms with E-state index in [1.165, 1.54) is 17.3 Å². The fourth-order valence-electron chi connectivity index (χ4n) is 2.99. The first kappa shape index (κ1) is 23.2. The minimum Gasteiger partial charge on any atom is -0.373 e. The van der Waals surface area contributed by atoms with E-state index in [2.05, 4.69) is 9.97 Å². The molecule has 31 heavy (non-hydrogen) atoms. The molecule has 3 rings (SSSR count). The summed E-state index contributed by atoms with van der Waals surface area (Å²) in [6.07, 6.45) is -3.88. The van der Waals surface area contributed by atoms with E-state index in [1.54, 1.807) is 18.2 Å². The monoisotopic (exact) mass is 476 g/mol. The van der Waals surface area contributed by atoms with Gasteiger partial charge >= 0.3 is 6.18 Å². The van der Waals surface area contributed by atoms with Crippen molar-refractivity contribution >= 4 is 35.0 Å². The average molecular weight is 477 g/mol. The van der Waals surface area contributed by atoms with Gasteiger partial charge in [-0.05, 0) is 25.1 Å². The third-order valence-electron chi connectivity index (χ3n) is 4.92. The van der Waals surface area contributed by atoms with Crippen molar-refractivity contribution in [1.82, 2.24) is 19.8 Å². The zero-order valence-electron chi connectivity index (χ0n) is 16.2. The van der Waals surface area contributed by atoms with Gasteiger partial charge in [0.2, 0.25) is 5.60 Å². The molecule has 0 spiro atoms. The number of amides is 2. The van der Waals surface area contributed by atoms with E-state index in [1.807, 2.05) is 0 Å². The van der Waals surface area contributed by atoms with Gasteiger partial charge in [-0.25, -0.2) is 9.97 Å². The molecular weight excluding hydrogens is 460 g/mol. The molecule has 2 heterocycles. The number of aliphatic hydroxyl groups is 1. The fraction of sp³-hybridized carbons (Fsp3) is 0.368. The SMILES string of the molecule is C[C@@](O)(C(=O)N1CCN(C(=O)c2cc(-c3ccc(Cl)c(Cl)c3)ncn2)CC1)C(F)(F)F. The van der Waals surface area contributed by atoms with Gasteiger partial charge in [0, 0.05) is 31.7 Å². The van der Waals surface area contributed by atoms with Crippen LogP contribution in [-0.2, 0) is 4.79 Å². The van der Waals surface area contributed by atoms with Gasteiger partial charge in [0.15, 0.2) is 0 Å². The Kier molecular flexibility index (Phi) is 6.45. The van der Waals surface area contributed by atoms with E-state index < -0.39 is 23.6 Å². The summed E-state index contributed by atoms with van der Waals surface area (Å²) in [5.74, 6) is -1.91. The maximum Gasteiger partial charge on any atom is 0.426 e. The van der Waals surface area contributed by atoms with Crippen LogP contribution in [0.5, 0.6) is 0 Å². The molecule has 1 atom stereocenters. The minimum atomic E-state index is -5.10. The molecule has 0 unspecified atom stereocenters. The normalized spacial score (nSPS) is 16.7. The number of carbonyl (C=O) groups is 2. The van der Waals surface area contributed by atoms with Crippen LogP contribution in [0.1, 0.15) is 17.4 Å². The van der Waals surface area contributed by atoms with Crippen LogP contribution in [0.2, 0.25) is 10.0 Å². The van der Waals surface area contributed by atoms with Crippen molar-refractivity contribution in [3.8, 4) is 11.3 Å². The second kappa shape index (κ2) is 8.60.